The third-order valence-corrected chi connectivity index (χ3v) is 3.55. The van der Waals surface area contributed by atoms with E-state index in [1.54, 1.807) is 25.3 Å². The number of benzene rings is 1. The fourth-order valence-corrected chi connectivity index (χ4v) is 2.44. The molecule has 2 nitrogen and oxygen atoms in total. The number of alkyl halides is 1. The third kappa shape index (κ3) is 2.90. The summed E-state index contributed by atoms with van der Waals surface area (Å²) in [5.74, 6) is 0.588. The zero-order chi connectivity index (χ0) is 12.3. The van der Waals surface area contributed by atoms with E-state index in [0.29, 0.717) is 16.3 Å². The van der Waals surface area contributed by atoms with Gasteiger partial charge in [0.1, 0.15) is 11.9 Å². The van der Waals surface area contributed by atoms with E-state index in [1.165, 1.54) is 0 Å². The fraction of sp³-hybridized carbons (Fsp3) is 0.538. The second-order valence-electron chi connectivity index (χ2n) is 4.40. The molecule has 1 aromatic carbocycles. The van der Waals surface area contributed by atoms with E-state index in [1.807, 2.05) is 0 Å². The minimum Gasteiger partial charge on any atom is -0.495 e. The minimum atomic E-state index is -0.950. The molecule has 1 saturated heterocycles. The Bertz CT molecular complexity index is 380. The van der Waals surface area contributed by atoms with Crippen LogP contribution in [0.1, 0.15) is 24.6 Å². The first-order chi connectivity index (χ1) is 8.22. The van der Waals surface area contributed by atoms with Crippen LogP contribution in [0.3, 0.4) is 0 Å². The molecule has 0 amide bonds. The van der Waals surface area contributed by atoms with Gasteiger partial charge in [-0.05, 0) is 37.1 Å². The van der Waals surface area contributed by atoms with Crippen LogP contribution in [-0.4, -0.2) is 20.2 Å². The Morgan fingerprint density at radius 3 is 3.00 bits per heavy atom. The molecule has 1 aromatic rings. The lowest BCUT2D eigenvalue weighted by Gasteiger charge is -2.26. The van der Waals surface area contributed by atoms with Gasteiger partial charge >= 0.3 is 0 Å². The van der Waals surface area contributed by atoms with Gasteiger partial charge in [0.05, 0.1) is 12.1 Å². The molecular weight excluding hydrogens is 241 g/mol. The molecule has 0 aromatic heterocycles. The van der Waals surface area contributed by atoms with Crippen LogP contribution in [0.15, 0.2) is 18.2 Å². The molecule has 0 spiro atoms. The van der Waals surface area contributed by atoms with Crippen LogP contribution in [0, 0.1) is 5.92 Å². The van der Waals surface area contributed by atoms with Gasteiger partial charge in [-0.3, -0.25) is 0 Å². The molecule has 17 heavy (non-hydrogen) atoms. The van der Waals surface area contributed by atoms with Crippen molar-refractivity contribution in [2.45, 2.75) is 19.0 Å². The Hall–Kier alpha value is -0.800. The summed E-state index contributed by atoms with van der Waals surface area (Å²) in [6.45, 7) is 1.74. The summed E-state index contributed by atoms with van der Waals surface area (Å²) in [5, 5.41) is 3.75. The van der Waals surface area contributed by atoms with E-state index in [4.69, 9.17) is 16.3 Å². The highest BCUT2D eigenvalue weighted by Crippen LogP contribution is 2.34. The normalized spacial score (nSPS) is 22.2. The highest BCUT2D eigenvalue weighted by molar-refractivity contribution is 6.32. The monoisotopic (exact) mass is 257 g/mol. The standard InChI is InChI=1S/C13H17ClFNO/c1-17-12-7-9(4-5-11(12)14)13(15)10-3-2-6-16-8-10/h4-5,7,10,13,16H,2-3,6,8H2,1H3. The summed E-state index contributed by atoms with van der Waals surface area (Å²) < 4.78 is 19.4. The van der Waals surface area contributed by atoms with Crippen LogP contribution in [0.25, 0.3) is 0 Å². The quantitative estimate of drug-likeness (QED) is 0.897. The topological polar surface area (TPSA) is 21.3 Å². The summed E-state index contributed by atoms with van der Waals surface area (Å²) in [5.41, 5.74) is 0.653. The Morgan fingerprint density at radius 1 is 1.53 bits per heavy atom. The van der Waals surface area contributed by atoms with Crippen molar-refractivity contribution in [1.82, 2.24) is 5.32 Å². The van der Waals surface area contributed by atoms with Crippen molar-refractivity contribution in [2.75, 3.05) is 20.2 Å². The number of nitrogens with one attached hydrogen (secondary N) is 1. The molecule has 0 saturated carbocycles. The number of rotatable bonds is 3. The Labute approximate surface area is 106 Å². The van der Waals surface area contributed by atoms with Gasteiger partial charge in [0, 0.05) is 12.5 Å². The molecule has 2 atom stereocenters. The lowest BCUT2D eigenvalue weighted by Crippen LogP contribution is -2.32. The summed E-state index contributed by atoms with van der Waals surface area (Å²) in [4.78, 5) is 0. The van der Waals surface area contributed by atoms with Crippen molar-refractivity contribution in [2.24, 2.45) is 5.92 Å². The van der Waals surface area contributed by atoms with Gasteiger partial charge in [-0.15, -0.1) is 0 Å². The predicted molar refractivity (Wildman–Crippen MR) is 67.4 cm³/mol. The van der Waals surface area contributed by atoms with E-state index in [2.05, 4.69) is 5.32 Å². The smallest absolute Gasteiger partial charge is 0.137 e. The molecule has 1 fully saturated rings. The van der Waals surface area contributed by atoms with Gasteiger partial charge in [0.25, 0.3) is 0 Å². The van der Waals surface area contributed by atoms with Gasteiger partial charge in [-0.1, -0.05) is 17.7 Å². The van der Waals surface area contributed by atoms with E-state index < -0.39 is 6.17 Å². The van der Waals surface area contributed by atoms with E-state index in [9.17, 15) is 4.39 Å². The zero-order valence-electron chi connectivity index (χ0n) is 9.88. The molecule has 0 bridgehead atoms. The number of piperidine rings is 1. The summed E-state index contributed by atoms with van der Waals surface area (Å²) >= 11 is 5.93. The molecule has 1 aliphatic rings. The average Bonchev–Trinajstić information content (AvgIpc) is 2.39. The molecule has 1 heterocycles. The van der Waals surface area contributed by atoms with Crippen molar-refractivity contribution in [3.63, 3.8) is 0 Å². The van der Waals surface area contributed by atoms with Crippen LogP contribution >= 0.6 is 11.6 Å². The molecule has 94 valence electrons. The molecule has 1 N–H and O–H groups in total. The first kappa shape index (κ1) is 12.7. The molecule has 2 unspecified atom stereocenters. The summed E-state index contributed by atoms with van der Waals surface area (Å²) in [7, 11) is 1.54. The number of hydrogen-bond acceptors (Lipinski definition) is 2. The van der Waals surface area contributed by atoms with Gasteiger partial charge in [-0.25, -0.2) is 4.39 Å². The van der Waals surface area contributed by atoms with Crippen LogP contribution in [0.4, 0.5) is 4.39 Å². The van der Waals surface area contributed by atoms with Crippen LogP contribution in [0.2, 0.25) is 5.02 Å². The predicted octanol–water partition coefficient (Wildman–Crippen LogP) is 3.36. The van der Waals surface area contributed by atoms with Crippen LogP contribution in [0.5, 0.6) is 5.75 Å². The van der Waals surface area contributed by atoms with Crippen molar-refractivity contribution in [3.8, 4) is 5.75 Å². The van der Waals surface area contributed by atoms with Crippen LogP contribution in [-0.2, 0) is 0 Å². The Morgan fingerprint density at radius 2 is 2.35 bits per heavy atom. The molecule has 2 rings (SSSR count). The molecule has 4 heteroatoms. The summed E-state index contributed by atoms with van der Waals surface area (Å²) in [6.07, 6.45) is 1.02. The number of methoxy groups -OCH3 is 1. The lowest BCUT2D eigenvalue weighted by atomic mass is 9.90. The van der Waals surface area contributed by atoms with Gasteiger partial charge in [0.2, 0.25) is 0 Å². The largest absolute Gasteiger partial charge is 0.495 e. The van der Waals surface area contributed by atoms with Crippen molar-refractivity contribution < 1.29 is 9.13 Å². The second kappa shape index (κ2) is 5.69. The maximum absolute atomic E-state index is 14.3. The maximum atomic E-state index is 14.3. The van der Waals surface area contributed by atoms with Crippen molar-refractivity contribution >= 4 is 11.6 Å². The Balaban J connectivity index is 2.15. The zero-order valence-corrected chi connectivity index (χ0v) is 10.6. The molecule has 0 aliphatic carbocycles. The highest BCUT2D eigenvalue weighted by atomic mass is 35.5. The van der Waals surface area contributed by atoms with Gasteiger partial charge < -0.3 is 10.1 Å². The van der Waals surface area contributed by atoms with E-state index >= 15 is 0 Å². The first-order valence-corrected chi connectivity index (χ1v) is 6.28. The molecule has 1 aliphatic heterocycles. The number of hydrogen-bond donors (Lipinski definition) is 1. The highest BCUT2D eigenvalue weighted by Gasteiger charge is 2.25. The van der Waals surface area contributed by atoms with E-state index in [0.717, 1.165) is 25.9 Å². The third-order valence-electron chi connectivity index (χ3n) is 3.24. The fourth-order valence-electron chi connectivity index (χ4n) is 2.25. The van der Waals surface area contributed by atoms with Crippen molar-refractivity contribution in [1.29, 1.82) is 0 Å². The molecular formula is C13H17ClFNO. The minimum absolute atomic E-state index is 0.0506. The van der Waals surface area contributed by atoms with E-state index in [-0.39, 0.29) is 5.92 Å². The van der Waals surface area contributed by atoms with Gasteiger partial charge in [0.15, 0.2) is 0 Å². The maximum Gasteiger partial charge on any atom is 0.137 e. The lowest BCUT2D eigenvalue weighted by molar-refractivity contribution is 0.194. The SMILES string of the molecule is COc1cc(C(F)C2CCCNC2)ccc1Cl. The first-order valence-electron chi connectivity index (χ1n) is 5.90. The Kier molecular flexibility index (Phi) is 4.24. The second-order valence-corrected chi connectivity index (χ2v) is 4.81. The number of ether oxygens (including phenoxy) is 1. The van der Waals surface area contributed by atoms with Crippen LogP contribution < -0.4 is 10.1 Å². The number of halogens is 2. The summed E-state index contributed by atoms with van der Waals surface area (Å²) in [6, 6.07) is 5.13. The van der Waals surface area contributed by atoms with Gasteiger partial charge in [-0.2, -0.15) is 0 Å². The van der Waals surface area contributed by atoms with Crippen molar-refractivity contribution in [3.05, 3.63) is 28.8 Å². The average molecular weight is 258 g/mol. The molecule has 0 radical (unpaired) electrons.